The first kappa shape index (κ1) is 15.8. The Balaban J connectivity index is 1.95. The SMILES string of the molecule is CC(C)[C@@H](C(=O)OCC(=O)NC1CC1)c1ccc(Cl)cc1. The predicted molar refractivity (Wildman–Crippen MR) is 81.2 cm³/mol. The van der Waals surface area contributed by atoms with Crippen LogP contribution in [0.15, 0.2) is 24.3 Å². The first-order chi connectivity index (χ1) is 9.97. The maximum absolute atomic E-state index is 12.2. The number of halogens is 1. The van der Waals surface area contributed by atoms with E-state index in [1.165, 1.54) is 0 Å². The fraction of sp³-hybridized carbons (Fsp3) is 0.500. The molecule has 0 saturated heterocycles. The second kappa shape index (κ2) is 6.94. The average Bonchev–Trinajstić information content (AvgIpc) is 3.22. The second-order valence-electron chi connectivity index (χ2n) is 5.72. The van der Waals surface area contributed by atoms with E-state index < -0.39 is 5.92 Å². The molecule has 0 spiro atoms. The molecule has 1 aromatic rings. The minimum absolute atomic E-state index is 0.0742. The number of esters is 1. The molecule has 1 aliphatic carbocycles. The molecule has 0 bridgehead atoms. The summed E-state index contributed by atoms with van der Waals surface area (Å²) >= 11 is 5.86. The van der Waals surface area contributed by atoms with Gasteiger partial charge < -0.3 is 10.1 Å². The number of rotatable bonds is 6. The second-order valence-corrected chi connectivity index (χ2v) is 6.16. The summed E-state index contributed by atoms with van der Waals surface area (Å²) in [6.45, 7) is 3.68. The van der Waals surface area contributed by atoms with E-state index >= 15 is 0 Å². The average molecular weight is 310 g/mol. The minimum Gasteiger partial charge on any atom is -0.455 e. The molecule has 1 fully saturated rings. The topological polar surface area (TPSA) is 55.4 Å². The fourth-order valence-electron chi connectivity index (χ4n) is 2.19. The number of carbonyl (C=O) groups excluding carboxylic acids is 2. The van der Waals surface area contributed by atoms with Gasteiger partial charge in [0.1, 0.15) is 0 Å². The van der Waals surface area contributed by atoms with Crippen molar-refractivity contribution in [2.24, 2.45) is 5.92 Å². The van der Waals surface area contributed by atoms with E-state index in [-0.39, 0.29) is 30.4 Å². The highest BCUT2D eigenvalue weighted by molar-refractivity contribution is 6.30. The molecule has 21 heavy (non-hydrogen) atoms. The van der Waals surface area contributed by atoms with Crippen LogP contribution in [0, 0.1) is 5.92 Å². The van der Waals surface area contributed by atoms with Gasteiger partial charge in [-0.3, -0.25) is 9.59 Å². The minimum atomic E-state index is -0.393. The summed E-state index contributed by atoms with van der Waals surface area (Å²) < 4.78 is 5.16. The largest absolute Gasteiger partial charge is 0.455 e. The molecule has 1 N–H and O–H groups in total. The zero-order valence-corrected chi connectivity index (χ0v) is 13.0. The molecule has 1 saturated carbocycles. The zero-order chi connectivity index (χ0) is 15.4. The number of carbonyl (C=O) groups is 2. The number of hydrogen-bond acceptors (Lipinski definition) is 3. The van der Waals surface area contributed by atoms with Gasteiger partial charge in [0.2, 0.25) is 0 Å². The van der Waals surface area contributed by atoms with Gasteiger partial charge in [0.05, 0.1) is 5.92 Å². The van der Waals surface area contributed by atoms with Gasteiger partial charge in [-0.25, -0.2) is 0 Å². The summed E-state index contributed by atoms with van der Waals surface area (Å²) in [5.74, 6) is -0.927. The number of ether oxygens (including phenoxy) is 1. The van der Waals surface area contributed by atoms with E-state index in [1.807, 2.05) is 26.0 Å². The lowest BCUT2D eigenvalue weighted by atomic mass is 9.88. The summed E-state index contributed by atoms with van der Waals surface area (Å²) in [6, 6.07) is 7.41. The van der Waals surface area contributed by atoms with Gasteiger partial charge in [-0.05, 0) is 36.5 Å². The summed E-state index contributed by atoms with van der Waals surface area (Å²) in [5, 5.41) is 3.41. The van der Waals surface area contributed by atoms with Crippen molar-refractivity contribution in [2.75, 3.05) is 6.61 Å². The Labute approximate surface area is 129 Å². The molecule has 0 radical (unpaired) electrons. The van der Waals surface area contributed by atoms with Crippen molar-refractivity contribution in [3.63, 3.8) is 0 Å². The van der Waals surface area contributed by atoms with E-state index in [9.17, 15) is 9.59 Å². The van der Waals surface area contributed by atoms with Crippen LogP contribution < -0.4 is 5.32 Å². The van der Waals surface area contributed by atoms with Crippen LogP contribution in [0.2, 0.25) is 5.02 Å². The van der Waals surface area contributed by atoms with Crippen LogP contribution in [0.25, 0.3) is 0 Å². The van der Waals surface area contributed by atoms with Gasteiger partial charge in [-0.2, -0.15) is 0 Å². The van der Waals surface area contributed by atoms with Gasteiger partial charge in [-0.1, -0.05) is 37.6 Å². The Morgan fingerprint density at radius 3 is 2.43 bits per heavy atom. The number of hydrogen-bond donors (Lipinski definition) is 1. The van der Waals surface area contributed by atoms with Crippen LogP contribution in [0.4, 0.5) is 0 Å². The highest BCUT2D eigenvalue weighted by atomic mass is 35.5. The maximum atomic E-state index is 12.2. The van der Waals surface area contributed by atoms with Crippen LogP contribution in [0.1, 0.15) is 38.2 Å². The van der Waals surface area contributed by atoms with Crippen LogP contribution in [-0.4, -0.2) is 24.5 Å². The van der Waals surface area contributed by atoms with Crippen molar-refractivity contribution in [3.05, 3.63) is 34.9 Å². The summed E-state index contributed by atoms with van der Waals surface area (Å²) in [4.78, 5) is 23.8. The van der Waals surface area contributed by atoms with E-state index in [0.29, 0.717) is 5.02 Å². The van der Waals surface area contributed by atoms with Crippen molar-refractivity contribution in [1.82, 2.24) is 5.32 Å². The van der Waals surface area contributed by atoms with Gasteiger partial charge in [0.25, 0.3) is 5.91 Å². The van der Waals surface area contributed by atoms with Crippen LogP contribution in [0.3, 0.4) is 0 Å². The van der Waals surface area contributed by atoms with E-state index in [1.54, 1.807) is 12.1 Å². The highest BCUT2D eigenvalue weighted by Crippen LogP contribution is 2.27. The molecule has 1 aromatic carbocycles. The Kier molecular flexibility index (Phi) is 5.23. The third-order valence-electron chi connectivity index (χ3n) is 3.44. The first-order valence-electron chi connectivity index (χ1n) is 7.19. The molecule has 1 amide bonds. The third kappa shape index (κ3) is 4.74. The monoisotopic (exact) mass is 309 g/mol. The quantitative estimate of drug-likeness (QED) is 0.822. The number of benzene rings is 1. The lowest BCUT2D eigenvalue weighted by Crippen LogP contribution is -2.32. The third-order valence-corrected chi connectivity index (χ3v) is 3.69. The van der Waals surface area contributed by atoms with Gasteiger partial charge >= 0.3 is 5.97 Å². The van der Waals surface area contributed by atoms with Crippen LogP contribution in [-0.2, 0) is 14.3 Å². The molecule has 114 valence electrons. The Morgan fingerprint density at radius 1 is 1.29 bits per heavy atom. The molecule has 1 atom stereocenters. The smallest absolute Gasteiger partial charge is 0.314 e. The van der Waals surface area contributed by atoms with Crippen molar-refractivity contribution in [2.45, 2.75) is 38.6 Å². The molecular weight excluding hydrogens is 290 g/mol. The van der Waals surface area contributed by atoms with Gasteiger partial charge in [0, 0.05) is 11.1 Å². The van der Waals surface area contributed by atoms with Crippen molar-refractivity contribution >= 4 is 23.5 Å². The molecule has 2 rings (SSSR count). The standard InChI is InChI=1S/C16H20ClNO3/c1-10(2)15(11-3-5-12(17)6-4-11)16(20)21-9-14(19)18-13-7-8-13/h3-6,10,13,15H,7-9H2,1-2H3,(H,18,19)/t15-/m1/s1. The molecule has 0 aromatic heterocycles. The normalized spacial score (nSPS) is 15.6. The predicted octanol–water partition coefficient (Wildman–Crippen LogP) is 2.90. The number of nitrogens with one attached hydrogen (secondary N) is 1. The summed E-state index contributed by atoms with van der Waals surface area (Å²) in [7, 11) is 0. The summed E-state index contributed by atoms with van der Waals surface area (Å²) in [6.07, 6.45) is 2.03. The highest BCUT2D eigenvalue weighted by Gasteiger charge is 2.27. The Bertz CT molecular complexity index is 509. The Hall–Kier alpha value is -1.55. The molecule has 1 aliphatic rings. The Morgan fingerprint density at radius 2 is 1.90 bits per heavy atom. The zero-order valence-electron chi connectivity index (χ0n) is 12.3. The molecule has 4 nitrogen and oxygen atoms in total. The summed E-state index contributed by atoms with van der Waals surface area (Å²) in [5.41, 5.74) is 0.849. The van der Waals surface area contributed by atoms with Crippen LogP contribution in [0.5, 0.6) is 0 Å². The van der Waals surface area contributed by atoms with E-state index in [4.69, 9.17) is 16.3 Å². The first-order valence-corrected chi connectivity index (χ1v) is 7.56. The molecule has 0 unspecified atom stereocenters. The van der Waals surface area contributed by atoms with Crippen molar-refractivity contribution in [3.8, 4) is 0 Å². The van der Waals surface area contributed by atoms with Crippen molar-refractivity contribution < 1.29 is 14.3 Å². The lowest BCUT2D eigenvalue weighted by molar-refractivity contribution is -0.151. The van der Waals surface area contributed by atoms with Gasteiger partial charge in [-0.15, -0.1) is 0 Å². The van der Waals surface area contributed by atoms with Crippen molar-refractivity contribution in [1.29, 1.82) is 0 Å². The molecule has 0 heterocycles. The molecular formula is C16H20ClNO3. The molecule has 0 aliphatic heterocycles. The molecule has 5 heteroatoms. The van der Waals surface area contributed by atoms with E-state index in [0.717, 1.165) is 18.4 Å². The van der Waals surface area contributed by atoms with E-state index in [2.05, 4.69) is 5.32 Å². The number of amides is 1. The van der Waals surface area contributed by atoms with Gasteiger partial charge in [0.15, 0.2) is 6.61 Å². The fourth-order valence-corrected chi connectivity index (χ4v) is 2.31. The maximum Gasteiger partial charge on any atom is 0.314 e. The van der Waals surface area contributed by atoms with Crippen LogP contribution >= 0.6 is 11.6 Å². The lowest BCUT2D eigenvalue weighted by Gasteiger charge is -2.19.